The normalized spacial score (nSPS) is 13.5. The fraction of sp³-hybridized carbons (Fsp3) is 0.296. The first kappa shape index (κ1) is 29.0. The molecule has 216 valence electrons. The molecule has 2 aromatic heterocycles. The molecule has 1 saturated carbocycles. The largest absolute Gasteiger partial charge is 0.383 e. The zero-order chi connectivity index (χ0) is 29.6. The summed E-state index contributed by atoms with van der Waals surface area (Å²) in [4.78, 5) is 41.8. The van der Waals surface area contributed by atoms with E-state index in [0.29, 0.717) is 16.4 Å². The number of fused-ring (bicyclic) bond motifs is 1. The van der Waals surface area contributed by atoms with Crippen LogP contribution in [0.4, 0.5) is 21.6 Å². The van der Waals surface area contributed by atoms with Gasteiger partial charge in [-0.2, -0.15) is 0 Å². The van der Waals surface area contributed by atoms with E-state index in [0.717, 1.165) is 10.8 Å². The van der Waals surface area contributed by atoms with Crippen LogP contribution in [0.1, 0.15) is 24.4 Å². The van der Waals surface area contributed by atoms with Crippen LogP contribution in [0.3, 0.4) is 0 Å². The number of benzene rings is 2. The first-order valence-corrected chi connectivity index (χ1v) is 15.6. The SMILES string of the molecule is COCCn1c(Nc2ccc(I)cc2F)c2c(=O)n(C3CC3)c(=O)n(-c3cccc(NS(C)(=O)=O)c3)c2c(C)c1=O. The number of aromatic nitrogens is 3. The number of hydrogen-bond acceptors (Lipinski definition) is 7. The van der Waals surface area contributed by atoms with Gasteiger partial charge in [0.1, 0.15) is 17.0 Å². The highest BCUT2D eigenvalue weighted by Crippen LogP contribution is 2.34. The zero-order valence-corrected chi connectivity index (χ0v) is 25.4. The Hall–Kier alpha value is -3.50. The Bertz CT molecular complexity index is 1980. The molecule has 0 saturated heterocycles. The lowest BCUT2D eigenvalue weighted by molar-refractivity contribution is 0.187. The molecule has 4 aromatic rings. The van der Waals surface area contributed by atoms with Gasteiger partial charge in [-0.25, -0.2) is 17.6 Å². The average molecular weight is 696 g/mol. The fourth-order valence-electron chi connectivity index (χ4n) is 4.79. The number of nitrogens with zero attached hydrogens (tertiary/aromatic N) is 3. The molecular formula is C27H27FIN5O6S. The Labute approximate surface area is 247 Å². The Kier molecular flexibility index (Phi) is 7.82. The maximum atomic E-state index is 15.0. The van der Waals surface area contributed by atoms with Gasteiger partial charge in [0.25, 0.3) is 11.1 Å². The highest BCUT2D eigenvalue weighted by atomic mass is 127. The Morgan fingerprint density at radius 3 is 2.46 bits per heavy atom. The second kappa shape index (κ2) is 11.1. The van der Waals surface area contributed by atoms with Gasteiger partial charge in [-0.3, -0.25) is 28.0 Å². The fourth-order valence-corrected chi connectivity index (χ4v) is 5.80. The summed E-state index contributed by atoms with van der Waals surface area (Å²) in [5.74, 6) is -0.571. The van der Waals surface area contributed by atoms with E-state index in [4.69, 9.17) is 4.74 Å². The van der Waals surface area contributed by atoms with Gasteiger partial charge in [-0.1, -0.05) is 6.07 Å². The van der Waals surface area contributed by atoms with E-state index in [1.54, 1.807) is 18.2 Å². The number of pyridine rings is 1. The first-order valence-electron chi connectivity index (χ1n) is 12.6. The molecule has 11 nitrogen and oxygen atoms in total. The zero-order valence-electron chi connectivity index (χ0n) is 22.4. The molecule has 0 atom stereocenters. The van der Waals surface area contributed by atoms with Gasteiger partial charge in [0, 0.05) is 22.3 Å². The Morgan fingerprint density at radius 1 is 1.10 bits per heavy atom. The lowest BCUT2D eigenvalue weighted by Gasteiger charge is -2.22. The summed E-state index contributed by atoms with van der Waals surface area (Å²) in [6.07, 6.45) is 2.24. The topological polar surface area (TPSA) is 133 Å². The van der Waals surface area contributed by atoms with Crippen molar-refractivity contribution in [2.75, 3.05) is 30.0 Å². The molecule has 1 aliphatic carbocycles. The second-order valence-electron chi connectivity index (χ2n) is 9.84. The monoisotopic (exact) mass is 695 g/mol. The van der Waals surface area contributed by atoms with E-state index in [-0.39, 0.29) is 58.5 Å². The molecule has 2 N–H and O–H groups in total. The van der Waals surface area contributed by atoms with Crippen LogP contribution < -0.4 is 26.8 Å². The second-order valence-corrected chi connectivity index (χ2v) is 12.8. The van der Waals surface area contributed by atoms with Gasteiger partial charge < -0.3 is 10.1 Å². The van der Waals surface area contributed by atoms with Crippen LogP contribution >= 0.6 is 22.6 Å². The quantitative estimate of drug-likeness (QED) is 0.257. The van der Waals surface area contributed by atoms with Crippen molar-refractivity contribution in [2.45, 2.75) is 32.4 Å². The van der Waals surface area contributed by atoms with Crippen molar-refractivity contribution in [1.82, 2.24) is 13.7 Å². The number of halogens is 2. The van der Waals surface area contributed by atoms with Crippen LogP contribution in [-0.2, 0) is 21.3 Å². The Balaban J connectivity index is 1.92. The predicted octanol–water partition coefficient (Wildman–Crippen LogP) is 3.46. The van der Waals surface area contributed by atoms with E-state index in [1.807, 2.05) is 22.6 Å². The summed E-state index contributed by atoms with van der Waals surface area (Å²) in [6, 6.07) is 10.3. The Morgan fingerprint density at radius 2 is 1.83 bits per heavy atom. The molecule has 1 aliphatic rings. The van der Waals surface area contributed by atoms with E-state index in [9.17, 15) is 22.8 Å². The van der Waals surface area contributed by atoms with Crippen LogP contribution in [0.5, 0.6) is 0 Å². The molecular weight excluding hydrogens is 668 g/mol. The van der Waals surface area contributed by atoms with Gasteiger partial charge in [0.2, 0.25) is 10.0 Å². The van der Waals surface area contributed by atoms with E-state index >= 15 is 4.39 Å². The van der Waals surface area contributed by atoms with Gasteiger partial charge in [-0.15, -0.1) is 0 Å². The molecule has 1 fully saturated rings. The van der Waals surface area contributed by atoms with Crippen molar-refractivity contribution in [3.8, 4) is 5.69 Å². The number of anilines is 3. The van der Waals surface area contributed by atoms with Crippen molar-refractivity contribution in [3.05, 3.63) is 88.6 Å². The smallest absolute Gasteiger partial charge is 0.336 e. The minimum Gasteiger partial charge on any atom is -0.383 e. The van der Waals surface area contributed by atoms with Crippen molar-refractivity contribution < 1.29 is 17.5 Å². The van der Waals surface area contributed by atoms with Crippen molar-refractivity contribution >= 4 is 60.7 Å². The van der Waals surface area contributed by atoms with Crippen molar-refractivity contribution in [1.29, 1.82) is 0 Å². The van der Waals surface area contributed by atoms with Gasteiger partial charge >= 0.3 is 5.69 Å². The number of methoxy groups -OCH3 is 1. The van der Waals surface area contributed by atoms with E-state index in [1.165, 1.54) is 47.4 Å². The summed E-state index contributed by atoms with van der Waals surface area (Å²) in [5.41, 5.74) is -1.15. The van der Waals surface area contributed by atoms with Crippen molar-refractivity contribution in [2.24, 2.45) is 0 Å². The van der Waals surface area contributed by atoms with Crippen molar-refractivity contribution in [3.63, 3.8) is 0 Å². The van der Waals surface area contributed by atoms with Crippen LogP contribution in [0.15, 0.2) is 56.8 Å². The average Bonchev–Trinajstić information content (AvgIpc) is 3.72. The highest BCUT2D eigenvalue weighted by molar-refractivity contribution is 14.1. The molecule has 0 bridgehead atoms. The number of rotatable bonds is 9. The molecule has 5 rings (SSSR count). The summed E-state index contributed by atoms with van der Waals surface area (Å²) < 4.78 is 50.8. The maximum Gasteiger partial charge on any atom is 0.336 e. The van der Waals surface area contributed by atoms with Gasteiger partial charge in [-0.05, 0) is 78.8 Å². The van der Waals surface area contributed by atoms with Crippen LogP contribution in [0.25, 0.3) is 16.6 Å². The lowest BCUT2D eigenvalue weighted by Crippen LogP contribution is -2.41. The molecule has 0 radical (unpaired) electrons. The molecule has 0 spiro atoms. The molecule has 0 aliphatic heterocycles. The lowest BCUT2D eigenvalue weighted by atomic mass is 10.1. The molecule has 0 unspecified atom stereocenters. The summed E-state index contributed by atoms with van der Waals surface area (Å²) in [7, 11) is -2.16. The summed E-state index contributed by atoms with van der Waals surface area (Å²) in [6.45, 7) is 1.69. The van der Waals surface area contributed by atoms with E-state index in [2.05, 4.69) is 10.0 Å². The number of sulfonamides is 1. The van der Waals surface area contributed by atoms with E-state index < -0.39 is 32.6 Å². The van der Waals surface area contributed by atoms with Crippen LogP contribution in [0, 0.1) is 16.3 Å². The number of ether oxygens (including phenoxy) is 1. The maximum absolute atomic E-state index is 15.0. The summed E-state index contributed by atoms with van der Waals surface area (Å²) >= 11 is 1.98. The predicted molar refractivity (Wildman–Crippen MR) is 164 cm³/mol. The third kappa shape index (κ3) is 5.67. The molecule has 2 heterocycles. The molecule has 2 aromatic carbocycles. The molecule has 41 heavy (non-hydrogen) atoms. The first-order chi connectivity index (χ1) is 19.4. The summed E-state index contributed by atoms with van der Waals surface area (Å²) in [5, 5.41) is 2.98. The van der Waals surface area contributed by atoms with Crippen LogP contribution in [-0.4, -0.2) is 42.1 Å². The number of aryl methyl sites for hydroxylation is 1. The third-order valence-electron chi connectivity index (χ3n) is 6.74. The number of nitrogens with one attached hydrogen (secondary N) is 2. The van der Waals surface area contributed by atoms with Crippen LogP contribution in [0.2, 0.25) is 0 Å². The van der Waals surface area contributed by atoms with Gasteiger partial charge in [0.05, 0.1) is 42.0 Å². The molecule has 14 heteroatoms. The minimum atomic E-state index is -3.63. The third-order valence-corrected chi connectivity index (χ3v) is 8.02. The minimum absolute atomic E-state index is 0.0177. The standard InChI is InChI=1S/C27H27FIN5O6S/c1-15-23-22(24(32(25(15)35)11-12-40-2)30-21-10-7-16(29)13-20(21)28)26(36)34(18-8-9-18)27(37)33(23)19-6-4-5-17(14-19)31-41(3,38)39/h4-7,10,13-14,18,30-31H,8-9,11-12H2,1-3H3. The number of hydrogen-bond donors (Lipinski definition) is 2. The molecule has 0 amide bonds. The van der Waals surface area contributed by atoms with Gasteiger partial charge in [0.15, 0.2) is 0 Å². The highest BCUT2D eigenvalue weighted by Gasteiger charge is 2.32.